The molecular weight excluding hydrogens is 180 g/mol. The fourth-order valence-electron chi connectivity index (χ4n) is 0.892. The van der Waals surface area contributed by atoms with E-state index in [0.29, 0.717) is 11.6 Å². The van der Waals surface area contributed by atoms with Gasteiger partial charge in [-0.15, -0.1) is 0 Å². The van der Waals surface area contributed by atoms with E-state index in [1.54, 1.807) is 0 Å². The first-order valence-corrected chi connectivity index (χ1v) is 4.37. The number of carbonyl (C=O) groups is 1. The lowest BCUT2D eigenvalue weighted by Gasteiger charge is -1.97. The van der Waals surface area contributed by atoms with Gasteiger partial charge in [0.25, 0.3) is 0 Å². The summed E-state index contributed by atoms with van der Waals surface area (Å²) in [6.07, 6.45) is 0. The molecule has 1 N–H and O–H groups in total. The summed E-state index contributed by atoms with van der Waals surface area (Å²) in [6, 6.07) is 0. The molecule has 0 unspecified atom stereocenters. The van der Waals surface area contributed by atoms with Crippen LogP contribution in [0.5, 0.6) is 0 Å². The van der Waals surface area contributed by atoms with Crippen LogP contribution in [-0.4, -0.2) is 23.0 Å². The van der Waals surface area contributed by atoms with Crippen molar-refractivity contribution < 1.29 is 9.72 Å². The minimum atomic E-state index is -0.636. The number of hydrogen-bond donors (Lipinski definition) is 1. The topological polar surface area (TPSA) is 72.2 Å². The number of Topliss-reactive ketones (excluding diaryl/α,β-unsaturated/α-hetero) is 1. The van der Waals surface area contributed by atoms with Crippen molar-refractivity contribution in [3.63, 3.8) is 0 Å². The van der Waals surface area contributed by atoms with E-state index in [1.807, 2.05) is 0 Å². The van der Waals surface area contributed by atoms with Crippen LogP contribution in [0.25, 0.3) is 0 Å². The average Bonchev–Trinajstić information content (AvgIpc) is 2.37. The van der Waals surface area contributed by atoms with Crippen LogP contribution in [0.3, 0.4) is 0 Å². The molecule has 1 fully saturated rings. The third-order valence-corrected chi connectivity index (χ3v) is 2.40. The summed E-state index contributed by atoms with van der Waals surface area (Å²) >= 11 is 1.31. The predicted octanol–water partition coefficient (Wildman–Crippen LogP) is 0.358. The SMILES string of the molecule is CC(=O)/C(=C1/NCCS1)[N+](=O)[O-]. The average molecular weight is 188 g/mol. The van der Waals surface area contributed by atoms with Crippen LogP contribution < -0.4 is 5.32 Å². The molecule has 0 radical (unpaired) electrons. The minimum Gasteiger partial charge on any atom is -0.373 e. The molecule has 5 nitrogen and oxygen atoms in total. The highest BCUT2D eigenvalue weighted by Crippen LogP contribution is 2.22. The first-order chi connectivity index (χ1) is 5.63. The Bertz CT molecular complexity index is 238. The van der Waals surface area contributed by atoms with E-state index in [1.165, 1.54) is 18.7 Å². The second-order valence-electron chi connectivity index (χ2n) is 2.27. The van der Waals surface area contributed by atoms with Gasteiger partial charge < -0.3 is 5.32 Å². The van der Waals surface area contributed by atoms with Crippen molar-refractivity contribution in [1.29, 1.82) is 0 Å². The quantitative estimate of drug-likeness (QED) is 0.385. The van der Waals surface area contributed by atoms with Gasteiger partial charge in [0.05, 0.1) is 4.92 Å². The third-order valence-electron chi connectivity index (χ3n) is 1.37. The van der Waals surface area contributed by atoms with Crippen LogP contribution in [0.1, 0.15) is 6.92 Å². The first-order valence-electron chi connectivity index (χ1n) is 3.39. The second kappa shape index (κ2) is 3.57. The predicted molar refractivity (Wildman–Crippen MR) is 45.2 cm³/mol. The van der Waals surface area contributed by atoms with E-state index in [0.717, 1.165) is 5.75 Å². The van der Waals surface area contributed by atoms with Gasteiger partial charge in [-0.25, -0.2) is 0 Å². The van der Waals surface area contributed by atoms with E-state index in [2.05, 4.69) is 5.32 Å². The standard InChI is InChI=1S/C6H8N2O3S/c1-4(9)5(8(10)11)6-7-2-3-12-6/h7H,2-3H2,1H3/b6-5+. The van der Waals surface area contributed by atoms with Gasteiger partial charge in [-0.3, -0.25) is 14.9 Å². The summed E-state index contributed by atoms with van der Waals surface area (Å²) in [5.74, 6) is 0.275. The third kappa shape index (κ3) is 1.76. The molecular formula is C6H8N2O3S. The van der Waals surface area contributed by atoms with Gasteiger partial charge in [0, 0.05) is 19.2 Å². The molecule has 0 aromatic heterocycles. The van der Waals surface area contributed by atoms with Crippen molar-refractivity contribution in [2.24, 2.45) is 0 Å². The molecule has 0 atom stereocenters. The largest absolute Gasteiger partial charge is 0.373 e. The van der Waals surface area contributed by atoms with Crippen LogP contribution in [0.15, 0.2) is 10.7 Å². The fourth-order valence-corrected chi connectivity index (χ4v) is 1.86. The Morgan fingerprint density at radius 1 is 1.75 bits per heavy atom. The molecule has 6 heteroatoms. The summed E-state index contributed by atoms with van der Waals surface area (Å²) in [7, 11) is 0. The monoisotopic (exact) mass is 188 g/mol. The number of thioether (sulfide) groups is 1. The van der Waals surface area contributed by atoms with Crippen molar-refractivity contribution >= 4 is 17.5 Å². The zero-order chi connectivity index (χ0) is 9.14. The molecule has 66 valence electrons. The van der Waals surface area contributed by atoms with Crippen molar-refractivity contribution in [3.8, 4) is 0 Å². The summed E-state index contributed by atoms with van der Waals surface area (Å²) in [5.41, 5.74) is -0.322. The highest BCUT2D eigenvalue weighted by Gasteiger charge is 2.26. The lowest BCUT2D eigenvalue weighted by atomic mass is 10.3. The van der Waals surface area contributed by atoms with E-state index >= 15 is 0 Å². The van der Waals surface area contributed by atoms with Crippen molar-refractivity contribution in [2.45, 2.75) is 6.92 Å². The zero-order valence-corrected chi connectivity index (χ0v) is 7.31. The lowest BCUT2D eigenvalue weighted by Crippen LogP contribution is -2.16. The van der Waals surface area contributed by atoms with E-state index < -0.39 is 10.7 Å². The number of nitro groups is 1. The van der Waals surface area contributed by atoms with Gasteiger partial charge in [0.15, 0.2) is 5.03 Å². The highest BCUT2D eigenvalue weighted by atomic mass is 32.2. The van der Waals surface area contributed by atoms with Gasteiger partial charge in [0.1, 0.15) is 0 Å². The Morgan fingerprint density at radius 2 is 2.42 bits per heavy atom. The molecule has 1 rings (SSSR count). The zero-order valence-electron chi connectivity index (χ0n) is 6.49. The Kier molecular flexibility index (Phi) is 2.69. The number of ketones is 1. The van der Waals surface area contributed by atoms with Crippen molar-refractivity contribution in [3.05, 3.63) is 20.8 Å². The smallest absolute Gasteiger partial charge is 0.341 e. The Morgan fingerprint density at radius 3 is 2.75 bits per heavy atom. The van der Waals surface area contributed by atoms with Gasteiger partial charge in [-0.2, -0.15) is 0 Å². The lowest BCUT2D eigenvalue weighted by molar-refractivity contribution is -0.419. The Balaban J connectivity index is 2.97. The molecule has 0 spiro atoms. The molecule has 0 bridgehead atoms. The Labute approximate surface area is 73.4 Å². The second-order valence-corrected chi connectivity index (χ2v) is 3.37. The number of carbonyl (C=O) groups excluding carboxylic acids is 1. The minimum absolute atomic E-state index is 0.322. The molecule has 0 aromatic carbocycles. The van der Waals surface area contributed by atoms with Gasteiger partial charge in [0.2, 0.25) is 5.78 Å². The summed E-state index contributed by atoms with van der Waals surface area (Å²) in [5, 5.41) is 13.6. The molecule has 1 saturated heterocycles. The van der Waals surface area contributed by atoms with E-state index in [9.17, 15) is 14.9 Å². The molecule has 0 aliphatic carbocycles. The van der Waals surface area contributed by atoms with Crippen molar-refractivity contribution in [2.75, 3.05) is 12.3 Å². The van der Waals surface area contributed by atoms with Crippen molar-refractivity contribution in [1.82, 2.24) is 5.32 Å². The number of nitrogens with zero attached hydrogens (tertiary/aromatic N) is 1. The number of hydrogen-bond acceptors (Lipinski definition) is 5. The van der Waals surface area contributed by atoms with Gasteiger partial charge >= 0.3 is 5.70 Å². The first kappa shape index (κ1) is 9.05. The molecule has 0 aromatic rings. The normalized spacial score (nSPS) is 20.1. The van der Waals surface area contributed by atoms with Crippen LogP contribution in [0.2, 0.25) is 0 Å². The highest BCUT2D eigenvalue weighted by molar-refractivity contribution is 8.03. The van der Waals surface area contributed by atoms with Gasteiger partial charge in [-0.05, 0) is 0 Å². The van der Waals surface area contributed by atoms with E-state index in [-0.39, 0.29) is 5.70 Å². The summed E-state index contributed by atoms with van der Waals surface area (Å²) in [4.78, 5) is 20.6. The number of rotatable bonds is 2. The van der Waals surface area contributed by atoms with Crippen LogP contribution >= 0.6 is 11.8 Å². The molecule has 1 heterocycles. The Hall–Kier alpha value is -1.04. The molecule has 1 aliphatic heterocycles. The van der Waals surface area contributed by atoms with Crippen LogP contribution in [-0.2, 0) is 4.79 Å². The van der Waals surface area contributed by atoms with Crippen LogP contribution in [0.4, 0.5) is 0 Å². The maximum Gasteiger partial charge on any atom is 0.341 e. The van der Waals surface area contributed by atoms with Gasteiger partial charge in [-0.1, -0.05) is 11.8 Å². The molecule has 0 saturated carbocycles. The molecule has 0 amide bonds. The van der Waals surface area contributed by atoms with Crippen LogP contribution in [0, 0.1) is 10.1 Å². The molecule has 12 heavy (non-hydrogen) atoms. The fraction of sp³-hybridized carbons (Fsp3) is 0.500. The number of allylic oxidation sites excluding steroid dienone is 1. The molecule has 1 aliphatic rings. The number of nitrogens with one attached hydrogen (secondary N) is 1. The summed E-state index contributed by atoms with van der Waals surface area (Å²) < 4.78 is 0. The summed E-state index contributed by atoms with van der Waals surface area (Å²) in [6.45, 7) is 1.89. The van der Waals surface area contributed by atoms with E-state index in [4.69, 9.17) is 0 Å². The maximum absolute atomic E-state index is 10.8. The maximum atomic E-state index is 10.8.